The maximum Gasteiger partial charge on any atom is 0.236 e. The number of hydrogen-bond acceptors (Lipinski definition) is 5. The summed E-state index contributed by atoms with van der Waals surface area (Å²) in [6.45, 7) is 2.09. The van der Waals surface area contributed by atoms with Gasteiger partial charge in [0.1, 0.15) is 11.8 Å². The average molecular weight is 354 g/mol. The second-order valence-corrected chi connectivity index (χ2v) is 5.86. The van der Waals surface area contributed by atoms with Crippen LogP contribution in [0.2, 0.25) is 5.02 Å². The predicted octanol–water partition coefficient (Wildman–Crippen LogP) is 4.95. The molecule has 0 aliphatic carbocycles. The van der Waals surface area contributed by atoms with Crippen molar-refractivity contribution in [3.05, 3.63) is 76.8 Å². The summed E-state index contributed by atoms with van der Waals surface area (Å²) in [6, 6.07) is 18.9. The molecule has 0 spiro atoms. The van der Waals surface area contributed by atoms with Crippen LogP contribution in [0.15, 0.2) is 59.0 Å². The summed E-state index contributed by atoms with van der Waals surface area (Å²) in [6.07, 6.45) is 0. The highest BCUT2D eigenvalue weighted by molar-refractivity contribution is 6.30. The fraction of sp³-hybridized carbons (Fsp3) is 0.158. The van der Waals surface area contributed by atoms with Crippen LogP contribution in [0.4, 0.5) is 5.88 Å². The van der Waals surface area contributed by atoms with Crippen LogP contribution in [-0.2, 0) is 6.61 Å². The molecular weight excluding hydrogens is 338 g/mol. The maximum atomic E-state index is 9.27. The summed E-state index contributed by atoms with van der Waals surface area (Å²) < 4.78 is 11.2. The first kappa shape index (κ1) is 16.9. The van der Waals surface area contributed by atoms with Crippen LogP contribution in [0.1, 0.15) is 30.1 Å². The quantitative estimate of drug-likeness (QED) is 0.678. The van der Waals surface area contributed by atoms with Crippen LogP contribution in [0.5, 0.6) is 5.75 Å². The lowest BCUT2D eigenvalue weighted by atomic mass is 10.1. The molecule has 3 aromatic rings. The van der Waals surface area contributed by atoms with E-state index in [0.717, 1.165) is 5.56 Å². The van der Waals surface area contributed by atoms with Crippen molar-refractivity contribution < 1.29 is 9.15 Å². The molecule has 2 aromatic carbocycles. The van der Waals surface area contributed by atoms with E-state index in [4.69, 9.17) is 20.8 Å². The number of nitrogens with zero attached hydrogens (tertiary/aromatic N) is 2. The van der Waals surface area contributed by atoms with Crippen molar-refractivity contribution in [1.82, 2.24) is 4.98 Å². The van der Waals surface area contributed by atoms with E-state index >= 15 is 0 Å². The Hall–Kier alpha value is -2.97. The summed E-state index contributed by atoms with van der Waals surface area (Å²) in [5.41, 5.74) is 1.28. The van der Waals surface area contributed by atoms with E-state index in [2.05, 4.69) is 10.3 Å². The summed E-state index contributed by atoms with van der Waals surface area (Å²) in [4.78, 5) is 4.16. The van der Waals surface area contributed by atoms with E-state index in [1.165, 1.54) is 0 Å². The standard InChI is InChI=1S/C19H16ClN3O2/c1-13(14-6-3-2-4-7-14)22-19-17(11-21)23-18(25-19)12-24-16-9-5-8-15(20)10-16/h2-10,13,22H,12H2,1H3/t13-/m0/s1. The molecule has 1 N–H and O–H groups in total. The Kier molecular flexibility index (Phi) is 5.22. The summed E-state index contributed by atoms with van der Waals surface area (Å²) >= 11 is 5.92. The van der Waals surface area contributed by atoms with E-state index in [-0.39, 0.29) is 18.3 Å². The number of halogens is 1. The minimum Gasteiger partial charge on any atom is -0.484 e. The molecule has 0 fully saturated rings. The Labute approximate surface area is 150 Å². The largest absolute Gasteiger partial charge is 0.484 e. The molecule has 6 heteroatoms. The molecule has 0 bridgehead atoms. The number of oxazole rings is 1. The fourth-order valence-electron chi connectivity index (χ4n) is 2.32. The first-order valence-electron chi connectivity index (χ1n) is 7.75. The third-order valence-electron chi connectivity index (χ3n) is 3.58. The van der Waals surface area contributed by atoms with Crippen molar-refractivity contribution in [3.8, 4) is 11.8 Å². The maximum absolute atomic E-state index is 9.27. The molecule has 0 saturated carbocycles. The van der Waals surface area contributed by atoms with Gasteiger partial charge in [-0.1, -0.05) is 48.0 Å². The zero-order chi connectivity index (χ0) is 17.6. The lowest BCUT2D eigenvalue weighted by molar-refractivity contribution is 0.264. The van der Waals surface area contributed by atoms with Crippen LogP contribution < -0.4 is 10.1 Å². The van der Waals surface area contributed by atoms with Crippen LogP contribution >= 0.6 is 11.6 Å². The Morgan fingerprint density at radius 1 is 1.24 bits per heavy atom. The smallest absolute Gasteiger partial charge is 0.236 e. The van der Waals surface area contributed by atoms with Gasteiger partial charge in [0.05, 0.1) is 6.04 Å². The summed E-state index contributed by atoms with van der Waals surface area (Å²) in [5.74, 6) is 1.26. The molecule has 1 heterocycles. The molecule has 0 amide bonds. The van der Waals surface area contributed by atoms with Gasteiger partial charge in [-0.25, -0.2) is 0 Å². The van der Waals surface area contributed by atoms with Gasteiger partial charge in [0.2, 0.25) is 17.5 Å². The Morgan fingerprint density at radius 3 is 2.76 bits per heavy atom. The lowest BCUT2D eigenvalue weighted by Crippen LogP contribution is -2.06. The first-order chi connectivity index (χ1) is 12.2. The van der Waals surface area contributed by atoms with Gasteiger partial charge in [0.25, 0.3) is 0 Å². The minimum atomic E-state index is -0.0250. The first-order valence-corrected chi connectivity index (χ1v) is 8.13. The minimum absolute atomic E-state index is 0.0250. The molecule has 1 aromatic heterocycles. The van der Waals surface area contributed by atoms with Crippen molar-refractivity contribution in [2.24, 2.45) is 0 Å². The topological polar surface area (TPSA) is 71.1 Å². The van der Waals surface area contributed by atoms with Crippen LogP contribution in [-0.4, -0.2) is 4.98 Å². The summed E-state index contributed by atoms with van der Waals surface area (Å²) in [7, 11) is 0. The highest BCUT2D eigenvalue weighted by atomic mass is 35.5. The molecule has 126 valence electrons. The molecule has 0 aliphatic rings. The number of hydrogen-bond donors (Lipinski definition) is 1. The van der Waals surface area contributed by atoms with Gasteiger partial charge >= 0.3 is 0 Å². The van der Waals surface area contributed by atoms with Crippen LogP contribution in [0.25, 0.3) is 0 Å². The van der Waals surface area contributed by atoms with Crippen molar-refractivity contribution in [1.29, 1.82) is 5.26 Å². The number of ether oxygens (including phenoxy) is 1. The van der Waals surface area contributed by atoms with E-state index in [1.807, 2.05) is 43.3 Å². The molecule has 0 saturated heterocycles. The third-order valence-corrected chi connectivity index (χ3v) is 3.82. The molecule has 0 unspecified atom stereocenters. The van der Waals surface area contributed by atoms with Gasteiger partial charge in [-0.15, -0.1) is 0 Å². The normalized spacial score (nSPS) is 11.6. The van der Waals surface area contributed by atoms with E-state index < -0.39 is 0 Å². The second-order valence-electron chi connectivity index (χ2n) is 5.42. The van der Waals surface area contributed by atoms with E-state index in [0.29, 0.717) is 22.5 Å². The predicted molar refractivity (Wildman–Crippen MR) is 95.5 cm³/mol. The average Bonchev–Trinajstić information content (AvgIpc) is 3.02. The number of aromatic nitrogens is 1. The lowest BCUT2D eigenvalue weighted by Gasteiger charge is -2.13. The number of nitrogens with one attached hydrogen (secondary N) is 1. The Morgan fingerprint density at radius 2 is 2.04 bits per heavy atom. The van der Waals surface area contributed by atoms with Crippen molar-refractivity contribution in [3.63, 3.8) is 0 Å². The van der Waals surface area contributed by atoms with Gasteiger partial charge in [-0.05, 0) is 30.7 Å². The molecule has 0 aliphatic heterocycles. The number of benzene rings is 2. The van der Waals surface area contributed by atoms with Gasteiger partial charge in [0, 0.05) is 5.02 Å². The highest BCUT2D eigenvalue weighted by Crippen LogP contribution is 2.24. The molecule has 3 rings (SSSR count). The Bertz CT molecular complexity index is 887. The van der Waals surface area contributed by atoms with Crippen molar-refractivity contribution >= 4 is 17.5 Å². The Balaban J connectivity index is 1.70. The van der Waals surface area contributed by atoms with Crippen molar-refractivity contribution in [2.75, 3.05) is 5.32 Å². The van der Waals surface area contributed by atoms with Gasteiger partial charge in [-0.2, -0.15) is 10.2 Å². The molecular formula is C19H16ClN3O2. The third kappa shape index (κ3) is 4.31. The van der Waals surface area contributed by atoms with E-state index in [1.54, 1.807) is 24.3 Å². The zero-order valence-corrected chi connectivity index (χ0v) is 14.3. The highest BCUT2D eigenvalue weighted by Gasteiger charge is 2.16. The molecule has 5 nitrogen and oxygen atoms in total. The number of anilines is 1. The second kappa shape index (κ2) is 7.73. The molecule has 0 radical (unpaired) electrons. The monoisotopic (exact) mass is 353 g/mol. The van der Waals surface area contributed by atoms with Gasteiger partial charge in [0.15, 0.2) is 6.61 Å². The zero-order valence-electron chi connectivity index (χ0n) is 13.6. The van der Waals surface area contributed by atoms with Gasteiger partial charge < -0.3 is 14.5 Å². The van der Waals surface area contributed by atoms with Crippen molar-refractivity contribution in [2.45, 2.75) is 19.6 Å². The SMILES string of the molecule is C[C@H](Nc1oc(COc2cccc(Cl)c2)nc1C#N)c1ccccc1. The number of nitriles is 1. The van der Waals surface area contributed by atoms with E-state index in [9.17, 15) is 5.26 Å². The van der Waals surface area contributed by atoms with Gasteiger partial charge in [-0.3, -0.25) is 0 Å². The molecule has 25 heavy (non-hydrogen) atoms. The number of rotatable bonds is 6. The fourth-order valence-corrected chi connectivity index (χ4v) is 2.50. The van der Waals surface area contributed by atoms with Crippen LogP contribution in [0, 0.1) is 11.3 Å². The van der Waals surface area contributed by atoms with Crippen LogP contribution in [0.3, 0.4) is 0 Å². The summed E-state index contributed by atoms with van der Waals surface area (Å²) in [5, 5.41) is 13.0. The molecule has 1 atom stereocenters.